The molecular weight excluding hydrogens is 319 g/mol. The Hall–Kier alpha value is -1.33. The lowest BCUT2D eigenvalue weighted by Crippen LogP contribution is -2.28. The fourth-order valence-electron chi connectivity index (χ4n) is 2.15. The van der Waals surface area contributed by atoms with E-state index in [4.69, 9.17) is 10.5 Å². The quantitative estimate of drug-likeness (QED) is 0.760. The van der Waals surface area contributed by atoms with Crippen molar-refractivity contribution in [1.82, 2.24) is 5.32 Å². The molecule has 2 atom stereocenters. The van der Waals surface area contributed by atoms with Crippen LogP contribution in [0.2, 0.25) is 0 Å². The SMILES string of the molecule is CC(N)CCC(=O)NC(C)c1ccc(OCC2CC2)c(F)c1.Cl. The minimum atomic E-state index is -0.380. The molecular formula is C17H26ClFN2O2. The van der Waals surface area contributed by atoms with Gasteiger partial charge in [0.1, 0.15) is 0 Å². The predicted molar refractivity (Wildman–Crippen MR) is 91.3 cm³/mol. The van der Waals surface area contributed by atoms with Gasteiger partial charge in [-0.1, -0.05) is 6.07 Å². The van der Waals surface area contributed by atoms with E-state index in [0.717, 1.165) is 5.56 Å². The third kappa shape index (κ3) is 6.75. The van der Waals surface area contributed by atoms with E-state index < -0.39 is 0 Å². The highest BCUT2D eigenvalue weighted by Crippen LogP contribution is 2.30. The summed E-state index contributed by atoms with van der Waals surface area (Å²) in [6.07, 6.45) is 3.36. The largest absolute Gasteiger partial charge is 0.490 e. The van der Waals surface area contributed by atoms with Crippen LogP contribution in [-0.4, -0.2) is 18.6 Å². The fourth-order valence-corrected chi connectivity index (χ4v) is 2.15. The molecule has 4 nitrogen and oxygen atoms in total. The molecule has 1 aromatic rings. The maximum Gasteiger partial charge on any atom is 0.220 e. The van der Waals surface area contributed by atoms with Crippen LogP contribution < -0.4 is 15.8 Å². The van der Waals surface area contributed by atoms with Crippen molar-refractivity contribution in [2.45, 2.75) is 51.6 Å². The molecule has 0 aromatic heterocycles. The second kappa shape index (κ2) is 9.08. The van der Waals surface area contributed by atoms with Gasteiger partial charge in [0, 0.05) is 12.5 Å². The number of halogens is 2. The van der Waals surface area contributed by atoms with E-state index in [9.17, 15) is 9.18 Å². The Labute approximate surface area is 143 Å². The zero-order valence-corrected chi connectivity index (χ0v) is 14.5. The van der Waals surface area contributed by atoms with E-state index in [1.54, 1.807) is 12.1 Å². The summed E-state index contributed by atoms with van der Waals surface area (Å²) in [6.45, 7) is 4.29. The molecule has 0 radical (unpaired) electrons. The molecule has 1 fully saturated rings. The second-order valence-corrected chi connectivity index (χ2v) is 6.25. The summed E-state index contributed by atoms with van der Waals surface area (Å²) in [7, 11) is 0. The van der Waals surface area contributed by atoms with Gasteiger partial charge in [0.05, 0.1) is 12.6 Å². The van der Waals surface area contributed by atoms with Crippen molar-refractivity contribution in [3.63, 3.8) is 0 Å². The van der Waals surface area contributed by atoms with Crippen molar-refractivity contribution in [2.75, 3.05) is 6.61 Å². The number of rotatable bonds is 8. The first-order chi connectivity index (χ1) is 10.5. The molecule has 0 spiro atoms. The number of amides is 1. The Morgan fingerprint density at radius 3 is 2.70 bits per heavy atom. The lowest BCUT2D eigenvalue weighted by Gasteiger charge is -2.16. The van der Waals surface area contributed by atoms with Gasteiger partial charge in [-0.25, -0.2) is 4.39 Å². The van der Waals surface area contributed by atoms with Crippen LogP contribution in [0.3, 0.4) is 0 Å². The van der Waals surface area contributed by atoms with E-state index >= 15 is 0 Å². The maximum absolute atomic E-state index is 14.0. The van der Waals surface area contributed by atoms with Crippen molar-refractivity contribution in [3.8, 4) is 5.75 Å². The summed E-state index contributed by atoms with van der Waals surface area (Å²) in [4.78, 5) is 11.8. The standard InChI is InChI=1S/C17H25FN2O2.ClH/c1-11(19)3-8-17(21)20-12(2)14-6-7-16(15(18)9-14)22-10-13-4-5-13;/h6-7,9,11-13H,3-5,8,10,19H2,1-2H3,(H,20,21);1H. The van der Waals surface area contributed by atoms with E-state index in [1.165, 1.54) is 18.9 Å². The molecule has 1 saturated carbocycles. The molecule has 6 heteroatoms. The van der Waals surface area contributed by atoms with E-state index in [1.807, 2.05) is 13.8 Å². The first-order valence-electron chi connectivity index (χ1n) is 7.93. The highest BCUT2D eigenvalue weighted by molar-refractivity contribution is 5.85. The van der Waals surface area contributed by atoms with Crippen LogP contribution in [-0.2, 0) is 4.79 Å². The van der Waals surface area contributed by atoms with Crippen LogP contribution in [0.1, 0.15) is 51.1 Å². The van der Waals surface area contributed by atoms with Crippen LogP contribution in [0.5, 0.6) is 5.75 Å². The van der Waals surface area contributed by atoms with Gasteiger partial charge in [-0.3, -0.25) is 4.79 Å². The first kappa shape index (κ1) is 19.7. The summed E-state index contributed by atoms with van der Waals surface area (Å²) in [5.41, 5.74) is 6.36. The van der Waals surface area contributed by atoms with Gasteiger partial charge in [-0.2, -0.15) is 0 Å². The van der Waals surface area contributed by atoms with E-state index in [-0.39, 0.29) is 42.0 Å². The highest BCUT2D eigenvalue weighted by Gasteiger charge is 2.22. The summed E-state index contributed by atoms with van der Waals surface area (Å²) in [6, 6.07) is 4.62. The molecule has 3 N–H and O–H groups in total. The Kier molecular flexibility index (Phi) is 7.79. The Balaban J connectivity index is 0.00000264. The number of carbonyl (C=O) groups excluding carboxylic acids is 1. The van der Waals surface area contributed by atoms with Gasteiger partial charge >= 0.3 is 0 Å². The van der Waals surface area contributed by atoms with Crippen molar-refractivity contribution < 1.29 is 13.9 Å². The van der Waals surface area contributed by atoms with E-state index in [0.29, 0.717) is 25.4 Å². The van der Waals surface area contributed by atoms with Crippen molar-refractivity contribution >= 4 is 18.3 Å². The number of hydrogen-bond donors (Lipinski definition) is 2. The molecule has 2 rings (SSSR count). The Bertz CT molecular complexity index is 521. The predicted octanol–water partition coefficient (Wildman–Crippen LogP) is 3.34. The minimum Gasteiger partial charge on any atom is -0.490 e. The summed E-state index contributed by atoms with van der Waals surface area (Å²) in [5, 5.41) is 2.86. The lowest BCUT2D eigenvalue weighted by atomic mass is 10.1. The summed E-state index contributed by atoms with van der Waals surface area (Å²) >= 11 is 0. The zero-order valence-electron chi connectivity index (χ0n) is 13.7. The average molecular weight is 345 g/mol. The molecule has 1 amide bonds. The van der Waals surface area contributed by atoms with Crippen LogP contribution in [0.4, 0.5) is 4.39 Å². The monoisotopic (exact) mass is 344 g/mol. The molecule has 0 bridgehead atoms. The van der Waals surface area contributed by atoms with Gasteiger partial charge in [0.25, 0.3) is 0 Å². The molecule has 0 heterocycles. The number of nitrogens with two attached hydrogens (primary N) is 1. The normalized spacial score (nSPS) is 16.2. The molecule has 1 aliphatic rings. The number of carbonyl (C=O) groups is 1. The Morgan fingerprint density at radius 2 is 2.13 bits per heavy atom. The van der Waals surface area contributed by atoms with E-state index in [2.05, 4.69) is 5.32 Å². The van der Waals surface area contributed by atoms with Crippen molar-refractivity contribution in [1.29, 1.82) is 0 Å². The number of nitrogens with one attached hydrogen (secondary N) is 1. The number of ether oxygens (including phenoxy) is 1. The average Bonchev–Trinajstić information content (AvgIpc) is 3.28. The van der Waals surface area contributed by atoms with Gasteiger partial charge in [-0.05, 0) is 56.7 Å². The highest BCUT2D eigenvalue weighted by atomic mass is 35.5. The van der Waals surface area contributed by atoms with Gasteiger partial charge in [-0.15, -0.1) is 12.4 Å². The molecule has 1 aliphatic carbocycles. The van der Waals surface area contributed by atoms with Gasteiger partial charge < -0.3 is 15.8 Å². The fraction of sp³-hybridized carbons (Fsp3) is 0.588. The smallest absolute Gasteiger partial charge is 0.220 e. The van der Waals surface area contributed by atoms with Crippen LogP contribution in [0.25, 0.3) is 0 Å². The van der Waals surface area contributed by atoms with Gasteiger partial charge in [0.2, 0.25) is 5.91 Å². The molecule has 130 valence electrons. The zero-order chi connectivity index (χ0) is 16.1. The van der Waals surface area contributed by atoms with Crippen LogP contribution in [0, 0.1) is 11.7 Å². The molecule has 0 saturated heterocycles. The molecule has 0 aliphatic heterocycles. The third-order valence-electron chi connectivity index (χ3n) is 3.83. The third-order valence-corrected chi connectivity index (χ3v) is 3.83. The topological polar surface area (TPSA) is 64.4 Å². The van der Waals surface area contributed by atoms with Crippen molar-refractivity contribution in [3.05, 3.63) is 29.6 Å². The summed E-state index contributed by atoms with van der Waals surface area (Å²) in [5.74, 6) is 0.419. The Morgan fingerprint density at radius 1 is 1.43 bits per heavy atom. The molecule has 1 aromatic carbocycles. The molecule has 23 heavy (non-hydrogen) atoms. The number of hydrogen-bond acceptors (Lipinski definition) is 3. The first-order valence-corrected chi connectivity index (χ1v) is 7.93. The van der Waals surface area contributed by atoms with Crippen LogP contribution in [0.15, 0.2) is 18.2 Å². The summed E-state index contributed by atoms with van der Waals surface area (Å²) < 4.78 is 19.5. The van der Waals surface area contributed by atoms with Crippen molar-refractivity contribution in [2.24, 2.45) is 11.7 Å². The number of benzene rings is 1. The van der Waals surface area contributed by atoms with Crippen LogP contribution >= 0.6 is 12.4 Å². The lowest BCUT2D eigenvalue weighted by molar-refractivity contribution is -0.121. The maximum atomic E-state index is 14.0. The minimum absolute atomic E-state index is 0. The molecule has 2 unspecified atom stereocenters. The van der Waals surface area contributed by atoms with Gasteiger partial charge in [0.15, 0.2) is 11.6 Å². The second-order valence-electron chi connectivity index (χ2n) is 6.25.